The Bertz CT molecular complexity index is 765. The number of halogens is 1. The Morgan fingerprint density at radius 2 is 2.04 bits per heavy atom. The highest BCUT2D eigenvalue weighted by atomic mass is 19.1. The van der Waals surface area contributed by atoms with Crippen LogP contribution in [0, 0.1) is 5.82 Å². The standard InChI is InChI=1S/C20H27FN4O2/c1-5-22-19(25-14-20(2,3)26-4)24-13-15-8-7-11-23-18(15)27-17-10-6-9-16(21)12-17/h6-12H,5,13-14H2,1-4H3,(H2,22,24,25). The van der Waals surface area contributed by atoms with Gasteiger partial charge in [-0.05, 0) is 39.0 Å². The lowest BCUT2D eigenvalue weighted by atomic mass is 10.1. The second kappa shape index (κ2) is 9.87. The molecule has 0 unspecified atom stereocenters. The summed E-state index contributed by atoms with van der Waals surface area (Å²) in [4.78, 5) is 8.84. The third-order valence-corrected chi connectivity index (χ3v) is 3.85. The second-order valence-electron chi connectivity index (χ2n) is 6.54. The number of hydrogen-bond donors (Lipinski definition) is 2. The maximum absolute atomic E-state index is 13.4. The lowest BCUT2D eigenvalue weighted by molar-refractivity contribution is 0.0268. The molecule has 0 radical (unpaired) electrons. The molecule has 0 atom stereocenters. The van der Waals surface area contributed by atoms with Crippen molar-refractivity contribution in [2.45, 2.75) is 32.9 Å². The van der Waals surface area contributed by atoms with E-state index in [9.17, 15) is 4.39 Å². The number of aromatic nitrogens is 1. The molecule has 146 valence electrons. The monoisotopic (exact) mass is 374 g/mol. The summed E-state index contributed by atoms with van der Waals surface area (Å²) < 4.78 is 24.5. The lowest BCUT2D eigenvalue weighted by Gasteiger charge is -2.24. The van der Waals surface area contributed by atoms with Crippen molar-refractivity contribution in [1.29, 1.82) is 0 Å². The van der Waals surface area contributed by atoms with Crippen molar-refractivity contribution in [1.82, 2.24) is 15.6 Å². The zero-order valence-electron chi connectivity index (χ0n) is 16.3. The molecule has 2 N–H and O–H groups in total. The third kappa shape index (κ3) is 6.86. The van der Waals surface area contributed by atoms with Crippen LogP contribution >= 0.6 is 0 Å². The first-order valence-corrected chi connectivity index (χ1v) is 8.88. The van der Waals surface area contributed by atoms with E-state index in [0.717, 1.165) is 12.1 Å². The van der Waals surface area contributed by atoms with Crippen LogP contribution in [-0.2, 0) is 11.3 Å². The molecule has 27 heavy (non-hydrogen) atoms. The molecule has 1 heterocycles. The van der Waals surface area contributed by atoms with Gasteiger partial charge in [-0.3, -0.25) is 0 Å². The molecule has 0 saturated heterocycles. The minimum absolute atomic E-state index is 0.309. The van der Waals surface area contributed by atoms with Gasteiger partial charge in [-0.1, -0.05) is 12.1 Å². The van der Waals surface area contributed by atoms with Crippen molar-refractivity contribution in [3.8, 4) is 11.6 Å². The summed E-state index contributed by atoms with van der Waals surface area (Å²) in [6, 6.07) is 9.66. The van der Waals surface area contributed by atoms with E-state index in [2.05, 4.69) is 20.6 Å². The van der Waals surface area contributed by atoms with E-state index in [1.54, 1.807) is 25.4 Å². The number of ether oxygens (including phenoxy) is 2. The number of methoxy groups -OCH3 is 1. The van der Waals surface area contributed by atoms with E-state index in [1.807, 2.05) is 32.9 Å². The Balaban J connectivity index is 2.11. The van der Waals surface area contributed by atoms with Crippen LogP contribution in [0.1, 0.15) is 26.3 Å². The summed E-state index contributed by atoms with van der Waals surface area (Å²) in [7, 11) is 1.68. The Morgan fingerprint density at radius 3 is 2.74 bits per heavy atom. The van der Waals surface area contributed by atoms with Gasteiger partial charge in [-0.25, -0.2) is 14.4 Å². The van der Waals surface area contributed by atoms with E-state index in [0.29, 0.717) is 30.7 Å². The summed E-state index contributed by atoms with van der Waals surface area (Å²) in [6.45, 7) is 7.70. The molecule has 1 aromatic carbocycles. The van der Waals surface area contributed by atoms with Crippen LogP contribution in [0.25, 0.3) is 0 Å². The van der Waals surface area contributed by atoms with Crippen LogP contribution in [-0.4, -0.2) is 36.7 Å². The van der Waals surface area contributed by atoms with Gasteiger partial charge in [0.25, 0.3) is 0 Å². The van der Waals surface area contributed by atoms with E-state index < -0.39 is 0 Å². The maximum atomic E-state index is 13.4. The molecule has 6 nitrogen and oxygen atoms in total. The first-order valence-electron chi connectivity index (χ1n) is 8.88. The predicted molar refractivity (Wildman–Crippen MR) is 105 cm³/mol. The van der Waals surface area contributed by atoms with Gasteiger partial charge in [-0.15, -0.1) is 0 Å². The summed E-state index contributed by atoms with van der Waals surface area (Å²) in [5.74, 6) is 1.11. The van der Waals surface area contributed by atoms with Crippen LogP contribution < -0.4 is 15.4 Å². The van der Waals surface area contributed by atoms with Crippen LogP contribution in [0.3, 0.4) is 0 Å². The molecule has 0 saturated carbocycles. The number of guanidine groups is 1. The molecule has 0 aliphatic heterocycles. The number of aliphatic imine (C=N–C) groups is 1. The van der Waals surface area contributed by atoms with Crippen molar-refractivity contribution < 1.29 is 13.9 Å². The summed E-state index contributed by atoms with van der Waals surface area (Å²) in [5, 5.41) is 6.46. The van der Waals surface area contributed by atoms with Crippen molar-refractivity contribution in [2.24, 2.45) is 4.99 Å². The molecule has 0 amide bonds. The highest BCUT2D eigenvalue weighted by Crippen LogP contribution is 2.23. The zero-order valence-corrected chi connectivity index (χ0v) is 16.3. The van der Waals surface area contributed by atoms with E-state index in [4.69, 9.17) is 9.47 Å². The number of pyridine rings is 1. The molecule has 2 aromatic rings. The third-order valence-electron chi connectivity index (χ3n) is 3.85. The number of benzene rings is 1. The fourth-order valence-electron chi connectivity index (χ4n) is 2.15. The first kappa shape index (κ1) is 20.6. The highest BCUT2D eigenvalue weighted by Gasteiger charge is 2.16. The Morgan fingerprint density at radius 1 is 1.22 bits per heavy atom. The number of rotatable bonds is 8. The summed E-state index contributed by atoms with van der Waals surface area (Å²) in [6.07, 6.45) is 1.63. The smallest absolute Gasteiger partial charge is 0.224 e. The molecule has 7 heteroatoms. The minimum Gasteiger partial charge on any atom is -0.439 e. The number of nitrogens with one attached hydrogen (secondary N) is 2. The van der Waals surface area contributed by atoms with E-state index in [1.165, 1.54) is 12.1 Å². The van der Waals surface area contributed by atoms with Gasteiger partial charge in [0.15, 0.2) is 5.96 Å². The first-order chi connectivity index (χ1) is 12.9. The molecule has 0 aliphatic rings. The molecule has 0 aliphatic carbocycles. The lowest BCUT2D eigenvalue weighted by Crippen LogP contribution is -2.45. The Labute approximate surface area is 159 Å². The van der Waals surface area contributed by atoms with Gasteiger partial charge in [0.05, 0.1) is 12.1 Å². The highest BCUT2D eigenvalue weighted by molar-refractivity contribution is 5.79. The van der Waals surface area contributed by atoms with E-state index >= 15 is 0 Å². The summed E-state index contributed by atoms with van der Waals surface area (Å²) >= 11 is 0. The van der Waals surface area contributed by atoms with Crippen LogP contribution in [0.5, 0.6) is 11.6 Å². The van der Waals surface area contributed by atoms with Gasteiger partial charge in [0.2, 0.25) is 5.88 Å². The predicted octanol–water partition coefficient (Wildman–Crippen LogP) is 3.49. The van der Waals surface area contributed by atoms with E-state index in [-0.39, 0.29) is 11.4 Å². The number of nitrogens with zero attached hydrogens (tertiary/aromatic N) is 2. The molecule has 0 spiro atoms. The largest absolute Gasteiger partial charge is 0.439 e. The van der Waals surface area contributed by atoms with Crippen molar-refractivity contribution in [2.75, 3.05) is 20.2 Å². The van der Waals surface area contributed by atoms with Gasteiger partial charge >= 0.3 is 0 Å². The fourth-order valence-corrected chi connectivity index (χ4v) is 2.15. The molecular formula is C20H27FN4O2. The zero-order chi connectivity index (χ0) is 19.7. The summed E-state index contributed by atoms with van der Waals surface area (Å²) in [5.41, 5.74) is 0.487. The van der Waals surface area contributed by atoms with Gasteiger partial charge in [-0.2, -0.15) is 0 Å². The molecule has 1 aromatic heterocycles. The topological polar surface area (TPSA) is 67.8 Å². The second-order valence-corrected chi connectivity index (χ2v) is 6.54. The molecule has 2 rings (SSSR count). The van der Waals surface area contributed by atoms with Gasteiger partial charge < -0.3 is 20.1 Å². The van der Waals surface area contributed by atoms with Crippen LogP contribution in [0.15, 0.2) is 47.6 Å². The molecule has 0 fully saturated rings. The normalized spacial score (nSPS) is 12.0. The molecular weight excluding hydrogens is 347 g/mol. The van der Waals surface area contributed by atoms with Crippen LogP contribution in [0.2, 0.25) is 0 Å². The van der Waals surface area contributed by atoms with Gasteiger partial charge in [0, 0.05) is 38.0 Å². The average molecular weight is 374 g/mol. The SMILES string of the molecule is CCNC(=NCc1cccnc1Oc1cccc(F)c1)NCC(C)(C)OC. The van der Waals surface area contributed by atoms with Crippen molar-refractivity contribution in [3.05, 3.63) is 54.0 Å². The fraction of sp³-hybridized carbons (Fsp3) is 0.400. The average Bonchev–Trinajstić information content (AvgIpc) is 2.65. The minimum atomic E-state index is -0.359. The van der Waals surface area contributed by atoms with Crippen LogP contribution in [0.4, 0.5) is 4.39 Å². The quantitative estimate of drug-likeness (QED) is 0.547. The van der Waals surface area contributed by atoms with Crippen molar-refractivity contribution in [3.63, 3.8) is 0 Å². The maximum Gasteiger partial charge on any atom is 0.224 e. The Hall–Kier alpha value is -2.67. The molecule has 0 bridgehead atoms. The Kier molecular flexibility index (Phi) is 7.55. The number of hydrogen-bond acceptors (Lipinski definition) is 4. The van der Waals surface area contributed by atoms with Crippen molar-refractivity contribution >= 4 is 5.96 Å². The van der Waals surface area contributed by atoms with Gasteiger partial charge in [0.1, 0.15) is 11.6 Å².